The number of hydrogen-bond acceptors (Lipinski definition) is 1. The van der Waals surface area contributed by atoms with E-state index in [0.29, 0.717) is 0 Å². The van der Waals surface area contributed by atoms with Gasteiger partial charge in [-0.2, -0.15) is 0 Å². The van der Waals surface area contributed by atoms with Crippen LogP contribution in [0.3, 0.4) is 0 Å². The number of hydrogen-bond donors (Lipinski definition) is 0. The molecule has 4 rings (SSSR count). The summed E-state index contributed by atoms with van der Waals surface area (Å²) in [6.45, 7) is 13.9. The number of nitrogens with zero attached hydrogens (tertiary/aromatic N) is 1. The van der Waals surface area contributed by atoms with E-state index in [1.54, 1.807) is 17.3 Å². The van der Waals surface area contributed by atoms with Crippen molar-refractivity contribution in [3.63, 3.8) is 0 Å². The van der Waals surface area contributed by atoms with Crippen LogP contribution >= 0.6 is 16.8 Å². The topological polar surface area (TPSA) is 3.24 Å². The third-order valence-electron chi connectivity index (χ3n) is 12.2. The molecule has 0 amide bonds. The first-order chi connectivity index (χ1) is 27.2. The fourth-order valence-electron chi connectivity index (χ4n) is 9.01. The lowest BCUT2D eigenvalue weighted by atomic mass is 10.0. The van der Waals surface area contributed by atoms with Crippen LogP contribution in [0.4, 0.5) is 8.78 Å². The van der Waals surface area contributed by atoms with Gasteiger partial charge in [0.2, 0.25) is 0 Å². The molecule has 0 aliphatic rings. The van der Waals surface area contributed by atoms with Crippen LogP contribution in [0.2, 0.25) is 36.3 Å². The van der Waals surface area contributed by atoms with Gasteiger partial charge in [0.25, 0.3) is 0 Å². The van der Waals surface area contributed by atoms with Crippen molar-refractivity contribution in [1.29, 1.82) is 0 Å². The largest absolute Gasteiger partial charge is 0.254 e. The van der Waals surface area contributed by atoms with Gasteiger partial charge in [-0.05, 0) is 50.2 Å². The molecule has 0 spiro atoms. The molecule has 0 aliphatic carbocycles. The molecule has 0 saturated carbocycles. The lowest BCUT2D eigenvalue weighted by Crippen LogP contribution is -2.49. The molecule has 0 radical (unpaired) electrons. The minimum atomic E-state index is -2.02. The molecular formula is C49H73F2NP2Si2. The lowest BCUT2D eigenvalue weighted by Gasteiger charge is -2.37. The molecule has 0 saturated heterocycles. The average Bonchev–Trinajstić information content (AvgIpc) is 3.22. The normalized spacial score (nSPS) is 13.0. The first kappa shape index (κ1) is 46.7. The van der Waals surface area contributed by atoms with Crippen LogP contribution in [0.25, 0.3) is 11.1 Å². The molecule has 7 heteroatoms. The maximum atomic E-state index is 16.2. The van der Waals surface area contributed by atoms with Crippen molar-refractivity contribution in [2.45, 2.75) is 155 Å². The van der Waals surface area contributed by atoms with Gasteiger partial charge in [-0.1, -0.05) is 238 Å². The smallest absolute Gasteiger partial charge is 0.132 e. The van der Waals surface area contributed by atoms with Crippen LogP contribution < -0.4 is 26.3 Å². The van der Waals surface area contributed by atoms with Gasteiger partial charge in [-0.3, -0.25) is 4.44 Å². The maximum absolute atomic E-state index is 16.2. The van der Waals surface area contributed by atoms with Gasteiger partial charge in [-0.25, -0.2) is 8.78 Å². The predicted octanol–water partition coefficient (Wildman–Crippen LogP) is 13.9. The van der Waals surface area contributed by atoms with E-state index in [9.17, 15) is 0 Å². The van der Waals surface area contributed by atoms with Crippen LogP contribution in [0.1, 0.15) is 119 Å². The quantitative estimate of drug-likeness (QED) is 0.0450. The summed E-state index contributed by atoms with van der Waals surface area (Å²) in [6.07, 6.45) is 14.7. The van der Waals surface area contributed by atoms with E-state index in [2.05, 4.69) is 95.5 Å². The molecule has 0 heterocycles. The van der Waals surface area contributed by atoms with Gasteiger partial charge in [0, 0.05) is 18.9 Å². The summed E-state index contributed by atoms with van der Waals surface area (Å²) in [4.78, 5) is 0. The molecule has 2 atom stereocenters. The van der Waals surface area contributed by atoms with Crippen molar-refractivity contribution in [3.05, 3.63) is 103 Å². The number of unbranched alkanes of at least 4 members (excludes halogenated alkanes) is 6. The van der Waals surface area contributed by atoms with E-state index < -0.39 is 24.2 Å². The summed E-state index contributed by atoms with van der Waals surface area (Å²) < 4.78 is 34.9. The molecule has 2 unspecified atom stereocenters. The molecule has 0 aliphatic heterocycles. The number of benzene rings is 4. The van der Waals surface area contributed by atoms with E-state index in [-0.39, 0.29) is 20.4 Å². The standard InChI is InChI=1S/C49H73F2NP2Si2/c1-8-14-34-55(35-15-9-2,36-16-10-3)42-27-24-26-41(40-42)54(47-32-23-22-30-45(47)51)52(7)53-46-31-25-33-48(49(46)43-28-20-21-29-44(43)50)56(37-17-11-4,38-18-12-5)39-19-13-6/h20-33,40,53H,8-19,34-39H2,1-7H3. The Labute approximate surface area is 346 Å². The van der Waals surface area contributed by atoms with Crippen molar-refractivity contribution >= 4 is 59.2 Å². The minimum absolute atomic E-state index is 0.139. The highest BCUT2D eigenvalue weighted by Crippen LogP contribution is 2.46. The van der Waals surface area contributed by atoms with Gasteiger partial charge in [0.1, 0.15) is 11.6 Å². The molecule has 1 nitrogen and oxygen atoms in total. The Bertz CT molecular complexity index is 1710. The van der Waals surface area contributed by atoms with Crippen molar-refractivity contribution in [1.82, 2.24) is 4.44 Å². The fraction of sp³-hybridized carbons (Fsp3) is 0.510. The Morgan fingerprint density at radius 2 is 1.02 bits per heavy atom. The second-order valence-electron chi connectivity index (χ2n) is 16.3. The molecule has 0 aromatic heterocycles. The van der Waals surface area contributed by atoms with Gasteiger partial charge in [0.05, 0.1) is 16.1 Å². The molecule has 4 aromatic carbocycles. The Morgan fingerprint density at radius 1 is 0.536 bits per heavy atom. The zero-order chi connectivity index (χ0) is 40.4. The van der Waals surface area contributed by atoms with Crippen LogP contribution in [0.5, 0.6) is 0 Å². The SMILES string of the molecule is CCCC[Si](CCCC)(CCCC)c1cccc(P(c2ccccc2F)N(C)Pc2cccc([Si](CCCC)(CCCC)CCCC)c2-c2ccccc2F)c1. The van der Waals surface area contributed by atoms with E-state index in [4.69, 9.17) is 0 Å². The van der Waals surface area contributed by atoms with Gasteiger partial charge >= 0.3 is 0 Å². The lowest BCUT2D eigenvalue weighted by molar-refractivity contribution is 0.631. The summed E-state index contributed by atoms with van der Waals surface area (Å²) in [5.41, 5.74) is 1.87. The van der Waals surface area contributed by atoms with E-state index in [1.165, 1.54) is 129 Å². The molecule has 4 aromatic rings. The third-order valence-corrected chi connectivity index (χ3v) is 27.2. The van der Waals surface area contributed by atoms with Crippen molar-refractivity contribution in [2.75, 3.05) is 7.05 Å². The highest BCUT2D eigenvalue weighted by atomic mass is 31.2. The second kappa shape index (κ2) is 24.2. The molecule has 56 heavy (non-hydrogen) atoms. The summed E-state index contributed by atoms with van der Waals surface area (Å²) in [5, 5.41) is 6.22. The zero-order valence-corrected chi connectivity index (χ0v) is 39.9. The van der Waals surface area contributed by atoms with Gasteiger partial charge in [0.15, 0.2) is 0 Å². The summed E-state index contributed by atoms with van der Waals surface area (Å²) >= 11 is 0. The third kappa shape index (κ3) is 12.0. The van der Waals surface area contributed by atoms with Crippen LogP contribution in [0, 0.1) is 11.6 Å². The molecule has 306 valence electrons. The van der Waals surface area contributed by atoms with Gasteiger partial charge in [-0.15, -0.1) is 0 Å². The summed E-state index contributed by atoms with van der Waals surface area (Å²) in [5.74, 6) is -0.282. The summed E-state index contributed by atoms with van der Waals surface area (Å²) in [7, 11) is -2.56. The van der Waals surface area contributed by atoms with E-state index in [0.717, 1.165) is 16.4 Å². The van der Waals surface area contributed by atoms with Crippen molar-refractivity contribution < 1.29 is 8.78 Å². The number of halogens is 2. The second-order valence-corrected chi connectivity index (χ2v) is 29.6. The average molecular weight is 832 g/mol. The van der Waals surface area contributed by atoms with Crippen molar-refractivity contribution in [2.24, 2.45) is 0 Å². The fourth-order valence-corrected chi connectivity index (χ4v) is 25.0. The van der Waals surface area contributed by atoms with E-state index in [1.807, 2.05) is 36.4 Å². The Morgan fingerprint density at radius 3 is 1.54 bits per heavy atom. The van der Waals surface area contributed by atoms with Crippen molar-refractivity contribution in [3.8, 4) is 11.1 Å². The molecular weight excluding hydrogens is 759 g/mol. The molecule has 0 bridgehead atoms. The summed E-state index contributed by atoms with van der Waals surface area (Å²) in [6, 6.07) is 39.1. The first-order valence-corrected chi connectivity index (χ1v) is 29.8. The van der Waals surface area contributed by atoms with E-state index >= 15 is 8.78 Å². The Balaban J connectivity index is 1.94. The minimum Gasteiger partial charge on any atom is -0.254 e. The van der Waals surface area contributed by atoms with Crippen LogP contribution in [-0.4, -0.2) is 27.6 Å². The maximum Gasteiger partial charge on any atom is 0.132 e. The van der Waals surface area contributed by atoms with Gasteiger partial charge < -0.3 is 0 Å². The molecule has 0 N–H and O–H groups in total. The zero-order valence-electron chi connectivity index (χ0n) is 36.0. The highest BCUT2D eigenvalue weighted by molar-refractivity contribution is 7.77. The van der Waals surface area contributed by atoms with Crippen LogP contribution in [0.15, 0.2) is 91.0 Å². The Kier molecular flexibility index (Phi) is 20.1. The first-order valence-electron chi connectivity index (χ1n) is 22.3. The predicted molar refractivity (Wildman–Crippen MR) is 256 cm³/mol. The van der Waals surface area contributed by atoms with Crippen LogP contribution in [-0.2, 0) is 0 Å². The monoisotopic (exact) mass is 831 g/mol. The highest BCUT2D eigenvalue weighted by Gasteiger charge is 2.38. The molecule has 0 fully saturated rings. The number of rotatable bonds is 26. The Hall–Kier alpha value is -2.01.